The molecule has 2 aliphatic rings. The van der Waals surface area contributed by atoms with Crippen molar-refractivity contribution in [3.8, 4) is 0 Å². The van der Waals surface area contributed by atoms with Crippen LogP contribution in [-0.4, -0.2) is 128 Å². The van der Waals surface area contributed by atoms with Gasteiger partial charge in [0.2, 0.25) is 11.8 Å². The summed E-state index contributed by atoms with van der Waals surface area (Å²) < 4.78 is 21.6. The quantitative estimate of drug-likeness (QED) is 0.225. The lowest BCUT2D eigenvalue weighted by molar-refractivity contribution is -0.152. The SMILES string of the molecule is COC(=O)[C@@H](C)C[C@H](Cc1nccs1)NC(=O)c1csc([C@@H](C[C@H](C(C)C)N(C)C(=O)[C@@H](NC(=O)[C@H]2COCCN2C)C2COC2)OC(C)=O)n1. The minimum atomic E-state index is -0.852. The molecule has 2 saturated heterocycles. The highest BCUT2D eigenvalue weighted by Crippen LogP contribution is 2.31. The summed E-state index contributed by atoms with van der Waals surface area (Å²) in [6.45, 7) is 9.05. The van der Waals surface area contributed by atoms with Crippen molar-refractivity contribution in [1.29, 1.82) is 0 Å². The van der Waals surface area contributed by atoms with E-state index in [1.807, 2.05) is 31.2 Å². The number of thiazole rings is 2. The van der Waals surface area contributed by atoms with Crippen LogP contribution in [-0.2, 0) is 44.5 Å². The summed E-state index contributed by atoms with van der Waals surface area (Å²) in [4.78, 5) is 77.8. The Labute approximate surface area is 306 Å². The number of esters is 2. The predicted molar refractivity (Wildman–Crippen MR) is 189 cm³/mol. The van der Waals surface area contributed by atoms with Gasteiger partial charge in [0.15, 0.2) is 6.10 Å². The molecule has 6 atom stereocenters. The molecule has 51 heavy (non-hydrogen) atoms. The largest absolute Gasteiger partial charge is 0.469 e. The van der Waals surface area contributed by atoms with E-state index in [1.54, 1.807) is 30.4 Å². The van der Waals surface area contributed by atoms with Crippen molar-refractivity contribution in [2.75, 3.05) is 54.2 Å². The second kappa shape index (κ2) is 18.8. The maximum atomic E-state index is 14.1. The maximum absolute atomic E-state index is 14.1. The Morgan fingerprint density at radius 3 is 2.41 bits per heavy atom. The molecule has 2 aromatic heterocycles. The first-order valence-corrected chi connectivity index (χ1v) is 18.9. The molecule has 2 aromatic rings. The van der Waals surface area contributed by atoms with Gasteiger partial charge >= 0.3 is 11.9 Å². The van der Waals surface area contributed by atoms with Crippen LogP contribution in [0, 0.1) is 17.8 Å². The molecule has 0 bridgehead atoms. The van der Waals surface area contributed by atoms with Crippen LogP contribution in [0.25, 0.3) is 0 Å². The van der Waals surface area contributed by atoms with Crippen LogP contribution in [0.2, 0.25) is 0 Å². The molecule has 0 saturated carbocycles. The number of amides is 3. The second-order valence-electron chi connectivity index (χ2n) is 13.5. The summed E-state index contributed by atoms with van der Waals surface area (Å²) >= 11 is 2.63. The number of hydrogen-bond acceptors (Lipinski definition) is 14. The molecule has 4 heterocycles. The van der Waals surface area contributed by atoms with Crippen LogP contribution < -0.4 is 10.6 Å². The van der Waals surface area contributed by atoms with Gasteiger partial charge in [0.1, 0.15) is 22.8 Å². The van der Waals surface area contributed by atoms with E-state index in [0.717, 1.165) is 5.01 Å². The summed E-state index contributed by atoms with van der Waals surface area (Å²) in [5.74, 6) is -2.63. The molecule has 2 fully saturated rings. The third kappa shape index (κ3) is 11.0. The van der Waals surface area contributed by atoms with Gasteiger partial charge in [-0.1, -0.05) is 20.8 Å². The van der Waals surface area contributed by atoms with E-state index in [2.05, 4.69) is 20.6 Å². The first-order valence-electron chi connectivity index (χ1n) is 17.1. The molecule has 282 valence electrons. The number of likely N-dealkylation sites (N-methyl/N-ethyl adjacent to an activating group) is 2. The number of methoxy groups -OCH3 is 1. The monoisotopic (exact) mass is 750 g/mol. The Bertz CT molecular complexity index is 1480. The maximum Gasteiger partial charge on any atom is 0.308 e. The molecule has 0 spiro atoms. The zero-order valence-electron chi connectivity index (χ0n) is 30.3. The van der Waals surface area contributed by atoms with Crippen LogP contribution in [0.15, 0.2) is 17.0 Å². The minimum Gasteiger partial charge on any atom is -0.469 e. The summed E-state index contributed by atoms with van der Waals surface area (Å²) in [5.41, 5.74) is 0.136. The van der Waals surface area contributed by atoms with Crippen LogP contribution >= 0.6 is 22.7 Å². The fourth-order valence-corrected chi connectivity index (χ4v) is 7.74. The number of rotatable bonds is 17. The molecule has 0 aliphatic carbocycles. The molecule has 0 aromatic carbocycles. The third-order valence-corrected chi connectivity index (χ3v) is 11.0. The predicted octanol–water partition coefficient (Wildman–Crippen LogP) is 2.08. The minimum absolute atomic E-state index is 0.0740. The number of hydrogen-bond donors (Lipinski definition) is 2. The third-order valence-electron chi connectivity index (χ3n) is 9.29. The van der Waals surface area contributed by atoms with Gasteiger partial charge in [-0.15, -0.1) is 22.7 Å². The van der Waals surface area contributed by atoms with Crippen molar-refractivity contribution < 1.29 is 42.9 Å². The number of ether oxygens (including phenoxy) is 4. The summed E-state index contributed by atoms with van der Waals surface area (Å²) in [7, 11) is 4.87. The molecule has 2 aliphatic heterocycles. The number of nitrogens with zero attached hydrogens (tertiary/aromatic N) is 4. The van der Waals surface area contributed by atoms with Crippen LogP contribution in [0.3, 0.4) is 0 Å². The van der Waals surface area contributed by atoms with Crippen molar-refractivity contribution >= 4 is 52.3 Å². The standard InChI is InChI=1S/C34H50N6O9S2/c1-19(2)25(40(6)33(44)29(22-15-48-16-22)38-31(43)26-17-47-10-9-39(26)5)14-27(49-21(4)41)32-37-24(18-51-32)30(42)36-23(12-20(3)34(45)46-7)13-28-35-8-11-50-28/h8,11,18-20,22-23,25-27,29H,9-10,12-17H2,1-7H3,(H,36,42)(H,38,43)/t20-,23+,25+,26+,27+,29-/m0/s1. The highest BCUT2D eigenvalue weighted by atomic mass is 32.1. The van der Waals surface area contributed by atoms with E-state index in [0.29, 0.717) is 44.2 Å². The Balaban J connectivity index is 1.49. The molecule has 0 unspecified atom stereocenters. The number of nitrogens with one attached hydrogen (secondary N) is 2. The van der Waals surface area contributed by atoms with E-state index in [1.165, 1.54) is 36.7 Å². The van der Waals surface area contributed by atoms with Gasteiger partial charge in [0.25, 0.3) is 5.91 Å². The molecule has 4 rings (SSSR count). The van der Waals surface area contributed by atoms with Gasteiger partial charge in [-0.3, -0.25) is 28.9 Å². The molecule has 17 heteroatoms. The van der Waals surface area contributed by atoms with Crippen molar-refractivity contribution in [3.63, 3.8) is 0 Å². The van der Waals surface area contributed by atoms with E-state index in [-0.39, 0.29) is 48.3 Å². The second-order valence-corrected chi connectivity index (χ2v) is 15.3. The Morgan fingerprint density at radius 2 is 1.82 bits per heavy atom. The average Bonchev–Trinajstić information content (AvgIpc) is 3.77. The lowest BCUT2D eigenvalue weighted by Crippen LogP contribution is -2.62. The Kier molecular flexibility index (Phi) is 14.9. The Morgan fingerprint density at radius 1 is 1.08 bits per heavy atom. The summed E-state index contributed by atoms with van der Waals surface area (Å²) in [5, 5.41) is 10.6. The number of carbonyl (C=O) groups is 5. The normalized spacial score (nSPS) is 19.6. The lowest BCUT2D eigenvalue weighted by Gasteiger charge is -2.40. The molecule has 15 nitrogen and oxygen atoms in total. The number of aromatic nitrogens is 2. The van der Waals surface area contributed by atoms with Gasteiger partial charge in [0.05, 0.1) is 44.5 Å². The van der Waals surface area contributed by atoms with Crippen molar-refractivity contribution in [2.24, 2.45) is 17.8 Å². The number of morpholine rings is 1. The summed E-state index contributed by atoms with van der Waals surface area (Å²) in [6, 6.07) is -2.16. The lowest BCUT2D eigenvalue weighted by atomic mass is 9.92. The molecule has 0 radical (unpaired) electrons. The van der Waals surface area contributed by atoms with Gasteiger partial charge in [-0.05, 0) is 19.4 Å². The van der Waals surface area contributed by atoms with Crippen molar-refractivity contribution in [2.45, 2.75) is 77.2 Å². The number of carbonyl (C=O) groups excluding carboxylic acids is 5. The summed E-state index contributed by atoms with van der Waals surface area (Å²) in [6.07, 6.45) is 1.80. The Hall–Kier alpha value is -3.51. The van der Waals surface area contributed by atoms with Crippen molar-refractivity contribution in [3.05, 3.63) is 32.7 Å². The van der Waals surface area contributed by atoms with Gasteiger partial charge in [-0.25, -0.2) is 9.97 Å². The van der Waals surface area contributed by atoms with Crippen LogP contribution in [0.1, 0.15) is 67.1 Å². The molecule has 2 N–H and O–H groups in total. The first-order chi connectivity index (χ1) is 24.3. The zero-order valence-corrected chi connectivity index (χ0v) is 31.9. The average molecular weight is 751 g/mol. The van der Waals surface area contributed by atoms with Crippen molar-refractivity contribution in [1.82, 2.24) is 30.4 Å². The molecule has 3 amide bonds. The van der Waals surface area contributed by atoms with E-state index in [9.17, 15) is 24.0 Å². The fraction of sp³-hybridized carbons (Fsp3) is 0.676. The molecular formula is C34H50N6O9S2. The van der Waals surface area contributed by atoms with E-state index in [4.69, 9.17) is 18.9 Å². The topological polar surface area (TPSA) is 179 Å². The highest BCUT2D eigenvalue weighted by molar-refractivity contribution is 7.10. The first kappa shape index (κ1) is 40.3. The zero-order chi connectivity index (χ0) is 37.2. The van der Waals surface area contributed by atoms with Gasteiger partial charge < -0.3 is 34.5 Å². The molecular weight excluding hydrogens is 701 g/mol. The highest BCUT2D eigenvalue weighted by Gasteiger charge is 2.41. The van der Waals surface area contributed by atoms with Gasteiger partial charge in [0, 0.05) is 68.3 Å². The van der Waals surface area contributed by atoms with Crippen LogP contribution in [0.5, 0.6) is 0 Å². The van der Waals surface area contributed by atoms with E-state index < -0.39 is 48.1 Å². The van der Waals surface area contributed by atoms with Crippen LogP contribution in [0.4, 0.5) is 0 Å². The fourth-order valence-electron chi connectivity index (χ4n) is 6.20. The smallest absolute Gasteiger partial charge is 0.308 e. The van der Waals surface area contributed by atoms with Gasteiger partial charge in [-0.2, -0.15) is 0 Å². The van der Waals surface area contributed by atoms with E-state index >= 15 is 0 Å².